The Morgan fingerprint density at radius 2 is 1.80 bits per heavy atom. The Kier molecular flexibility index (Phi) is 5.88. The molecule has 3 nitrogen and oxygen atoms in total. The van der Waals surface area contributed by atoms with Crippen LogP contribution in [0.5, 0.6) is 0 Å². The first-order valence-corrected chi connectivity index (χ1v) is 8.74. The molecule has 118 valence electrons. The Morgan fingerprint density at radius 3 is 2.30 bits per heavy atom. The summed E-state index contributed by atoms with van der Waals surface area (Å²) in [4.78, 5) is 2.68. The fourth-order valence-corrected chi connectivity index (χ4v) is 3.76. The van der Waals surface area contributed by atoms with Crippen LogP contribution in [0.2, 0.25) is 0 Å². The summed E-state index contributed by atoms with van der Waals surface area (Å²) in [7, 11) is 0. The number of likely N-dealkylation sites (tertiary alicyclic amines) is 1. The van der Waals surface area contributed by atoms with Gasteiger partial charge in [0, 0.05) is 23.7 Å². The maximum absolute atomic E-state index is 9.82. The van der Waals surface area contributed by atoms with Gasteiger partial charge in [0.1, 0.15) is 0 Å². The summed E-state index contributed by atoms with van der Waals surface area (Å²) in [6, 6.07) is 2.15. The van der Waals surface area contributed by atoms with Gasteiger partial charge in [-0.25, -0.2) is 0 Å². The summed E-state index contributed by atoms with van der Waals surface area (Å²) in [5, 5.41) is 13.5. The molecule has 0 aromatic carbocycles. The number of hydrogen-bond acceptors (Lipinski definition) is 3. The SMILES string of the molecule is CCC(CO)(CCCN1C(C)CCCC1C)NC1CC1. The van der Waals surface area contributed by atoms with Crippen molar-refractivity contribution in [3.63, 3.8) is 0 Å². The number of piperidine rings is 1. The van der Waals surface area contributed by atoms with E-state index in [1.165, 1.54) is 45.1 Å². The molecule has 1 saturated carbocycles. The Morgan fingerprint density at radius 1 is 1.15 bits per heavy atom. The molecule has 3 heteroatoms. The molecule has 2 N–H and O–H groups in total. The van der Waals surface area contributed by atoms with Crippen LogP contribution in [0.15, 0.2) is 0 Å². The van der Waals surface area contributed by atoms with Crippen molar-refractivity contribution in [2.45, 2.75) is 95.8 Å². The maximum Gasteiger partial charge on any atom is 0.0613 e. The molecule has 3 atom stereocenters. The average molecular weight is 282 g/mol. The lowest BCUT2D eigenvalue weighted by molar-refractivity contribution is 0.0889. The first-order valence-electron chi connectivity index (χ1n) is 8.74. The lowest BCUT2D eigenvalue weighted by Gasteiger charge is -2.40. The van der Waals surface area contributed by atoms with E-state index >= 15 is 0 Å². The molecule has 2 fully saturated rings. The van der Waals surface area contributed by atoms with Crippen LogP contribution in [0.3, 0.4) is 0 Å². The third kappa shape index (κ3) is 4.19. The van der Waals surface area contributed by atoms with E-state index in [0.29, 0.717) is 6.04 Å². The molecule has 2 aliphatic rings. The molecule has 0 aromatic rings. The van der Waals surface area contributed by atoms with Gasteiger partial charge in [-0.3, -0.25) is 4.90 Å². The fraction of sp³-hybridized carbons (Fsp3) is 1.00. The molecule has 1 heterocycles. The Labute approximate surface area is 125 Å². The van der Waals surface area contributed by atoms with Gasteiger partial charge in [-0.15, -0.1) is 0 Å². The molecule has 1 aliphatic carbocycles. The maximum atomic E-state index is 9.82. The summed E-state index contributed by atoms with van der Waals surface area (Å²) >= 11 is 0. The highest BCUT2D eigenvalue weighted by molar-refractivity contribution is 4.94. The van der Waals surface area contributed by atoms with Crippen LogP contribution in [-0.4, -0.2) is 46.8 Å². The molecular weight excluding hydrogens is 248 g/mol. The van der Waals surface area contributed by atoms with Crippen molar-refractivity contribution in [3.8, 4) is 0 Å². The van der Waals surface area contributed by atoms with E-state index in [1.54, 1.807) is 0 Å². The number of hydrogen-bond donors (Lipinski definition) is 2. The summed E-state index contributed by atoms with van der Waals surface area (Å²) in [6.07, 6.45) is 10.0. The molecule has 0 aromatic heterocycles. The van der Waals surface area contributed by atoms with Crippen molar-refractivity contribution in [1.29, 1.82) is 0 Å². The Balaban J connectivity index is 1.79. The minimum Gasteiger partial charge on any atom is -0.394 e. The second kappa shape index (κ2) is 7.24. The zero-order valence-electron chi connectivity index (χ0n) is 13.7. The van der Waals surface area contributed by atoms with Gasteiger partial charge in [0.2, 0.25) is 0 Å². The lowest BCUT2D eigenvalue weighted by Crippen LogP contribution is -2.50. The van der Waals surface area contributed by atoms with Crippen LogP contribution < -0.4 is 5.32 Å². The van der Waals surface area contributed by atoms with Crippen molar-refractivity contribution in [2.24, 2.45) is 0 Å². The number of rotatable bonds is 8. The van der Waals surface area contributed by atoms with E-state index in [9.17, 15) is 5.11 Å². The number of aliphatic hydroxyl groups excluding tert-OH is 1. The molecule has 3 unspecified atom stereocenters. The van der Waals surface area contributed by atoms with Gasteiger partial charge >= 0.3 is 0 Å². The topological polar surface area (TPSA) is 35.5 Å². The average Bonchev–Trinajstić information content (AvgIpc) is 3.25. The molecule has 0 radical (unpaired) electrons. The lowest BCUT2D eigenvalue weighted by atomic mass is 9.90. The van der Waals surface area contributed by atoms with Crippen LogP contribution in [-0.2, 0) is 0 Å². The van der Waals surface area contributed by atoms with Crippen LogP contribution in [0, 0.1) is 0 Å². The normalized spacial score (nSPS) is 31.2. The second-order valence-electron chi connectivity index (χ2n) is 7.18. The van der Waals surface area contributed by atoms with Gasteiger partial charge in [0.25, 0.3) is 0 Å². The van der Waals surface area contributed by atoms with Gasteiger partial charge in [-0.2, -0.15) is 0 Å². The number of aliphatic hydroxyl groups is 1. The molecule has 2 rings (SSSR count). The highest BCUT2D eigenvalue weighted by atomic mass is 16.3. The Bertz CT molecular complexity index is 277. The second-order valence-corrected chi connectivity index (χ2v) is 7.18. The standard InChI is InChI=1S/C17H34N2O/c1-4-17(13-20,18-16-9-10-16)11-6-12-19-14(2)7-5-8-15(19)3/h14-16,18,20H,4-13H2,1-3H3. The third-order valence-corrected chi connectivity index (χ3v) is 5.51. The number of nitrogens with one attached hydrogen (secondary N) is 1. The largest absolute Gasteiger partial charge is 0.394 e. The zero-order chi connectivity index (χ0) is 14.6. The number of nitrogens with zero attached hydrogens (tertiary/aromatic N) is 1. The van der Waals surface area contributed by atoms with Crippen molar-refractivity contribution >= 4 is 0 Å². The van der Waals surface area contributed by atoms with Crippen LogP contribution >= 0.6 is 0 Å². The molecule has 1 aliphatic heterocycles. The first-order chi connectivity index (χ1) is 9.60. The molecule has 1 saturated heterocycles. The van der Waals surface area contributed by atoms with Crippen LogP contribution in [0.4, 0.5) is 0 Å². The molecule has 0 spiro atoms. The fourth-order valence-electron chi connectivity index (χ4n) is 3.76. The monoisotopic (exact) mass is 282 g/mol. The molecule has 0 bridgehead atoms. The summed E-state index contributed by atoms with van der Waals surface area (Å²) in [6.45, 7) is 8.42. The van der Waals surface area contributed by atoms with Crippen LogP contribution in [0.25, 0.3) is 0 Å². The zero-order valence-corrected chi connectivity index (χ0v) is 13.7. The Hall–Kier alpha value is -0.120. The molecule has 20 heavy (non-hydrogen) atoms. The van der Waals surface area contributed by atoms with Crippen molar-refractivity contribution < 1.29 is 5.11 Å². The summed E-state index contributed by atoms with van der Waals surface area (Å²) < 4.78 is 0. The van der Waals surface area contributed by atoms with Crippen molar-refractivity contribution in [1.82, 2.24) is 10.2 Å². The van der Waals surface area contributed by atoms with E-state index in [2.05, 4.69) is 31.0 Å². The predicted molar refractivity (Wildman–Crippen MR) is 85.0 cm³/mol. The van der Waals surface area contributed by atoms with Crippen LogP contribution in [0.1, 0.15) is 72.1 Å². The van der Waals surface area contributed by atoms with Gasteiger partial charge in [-0.05, 0) is 65.3 Å². The van der Waals surface area contributed by atoms with Crippen molar-refractivity contribution in [2.75, 3.05) is 13.2 Å². The molecule has 0 amide bonds. The predicted octanol–water partition coefficient (Wildman–Crippen LogP) is 2.92. The first kappa shape index (κ1) is 16.3. The molecular formula is C17H34N2O. The van der Waals surface area contributed by atoms with Gasteiger partial charge in [-0.1, -0.05) is 13.3 Å². The van der Waals surface area contributed by atoms with Gasteiger partial charge in [0.15, 0.2) is 0 Å². The highest BCUT2D eigenvalue weighted by Gasteiger charge is 2.34. The van der Waals surface area contributed by atoms with E-state index < -0.39 is 0 Å². The van der Waals surface area contributed by atoms with Gasteiger partial charge < -0.3 is 10.4 Å². The van der Waals surface area contributed by atoms with E-state index in [4.69, 9.17) is 0 Å². The summed E-state index contributed by atoms with van der Waals surface area (Å²) in [5.74, 6) is 0. The van der Waals surface area contributed by atoms with Crippen molar-refractivity contribution in [3.05, 3.63) is 0 Å². The quantitative estimate of drug-likeness (QED) is 0.718. The minimum atomic E-state index is -0.0244. The minimum absolute atomic E-state index is 0.0244. The highest BCUT2D eigenvalue weighted by Crippen LogP contribution is 2.28. The van der Waals surface area contributed by atoms with E-state index in [1.807, 2.05) is 0 Å². The summed E-state index contributed by atoms with van der Waals surface area (Å²) in [5.41, 5.74) is -0.0244. The van der Waals surface area contributed by atoms with Gasteiger partial charge in [0.05, 0.1) is 6.61 Å². The van der Waals surface area contributed by atoms with E-state index in [0.717, 1.165) is 24.9 Å². The smallest absolute Gasteiger partial charge is 0.0613 e. The van der Waals surface area contributed by atoms with E-state index in [-0.39, 0.29) is 12.1 Å². The third-order valence-electron chi connectivity index (χ3n) is 5.51.